The molecule has 0 aliphatic heterocycles. The first kappa shape index (κ1) is 15.7. The van der Waals surface area contributed by atoms with Gasteiger partial charge in [-0.05, 0) is 31.5 Å². The Labute approximate surface area is 129 Å². The van der Waals surface area contributed by atoms with E-state index in [9.17, 15) is 9.18 Å². The molecule has 0 aromatic heterocycles. The van der Waals surface area contributed by atoms with Crippen molar-refractivity contribution in [3.05, 3.63) is 65.5 Å². The minimum Gasteiger partial charge on any atom is -0.374 e. The van der Waals surface area contributed by atoms with E-state index in [-0.39, 0.29) is 11.7 Å². The molecule has 2 aromatic rings. The van der Waals surface area contributed by atoms with Crippen molar-refractivity contribution in [3.8, 4) is 0 Å². The number of aryl methyl sites for hydroxylation is 1. The van der Waals surface area contributed by atoms with Crippen molar-refractivity contribution in [2.45, 2.75) is 19.9 Å². The molecule has 114 valence electrons. The molecule has 0 spiro atoms. The van der Waals surface area contributed by atoms with Gasteiger partial charge >= 0.3 is 0 Å². The van der Waals surface area contributed by atoms with Crippen LogP contribution in [0, 0.1) is 12.7 Å². The molecule has 22 heavy (non-hydrogen) atoms. The maximum absolute atomic E-state index is 13.4. The van der Waals surface area contributed by atoms with Crippen LogP contribution in [0.3, 0.4) is 0 Å². The molecule has 2 rings (SSSR count). The van der Waals surface area contributed by atoms with Gasteiger partial charge in [0.15, 0.2) is 0 Å². The van der Waals surface area contributed by atoms with Crippen LogP contribution in [0.5, 0.6) is 0 Å². The van der Waals surface area contributed by atoms with Crippen LogP contribution in [0.4, 0.5) is 10.1 Å². The zero-order valence-corrected chi connectivity index (χ0v) is 12.5. The average Bonchev–Trinajstić information content (AvgIpc) is 2.51. The number of nitrogens with one attached hydrogen (secondary N) is 2. The predicted octanol–water partition coefficient (Wildman–Crippen LogP) is 3.08. The second-order valence-electron chi connectivity index (χ2n) is 4.94. The van der Waals surface area contributed by atoms with Gasteiger partial charge in [-0.15, -0.1) is 0 Å². The van der Waals surface area contributed by atoms with Crippen LogP contribution in [-0.4, -0.2) is 18.2 Å². The summed E-state index contributed by atoms with van der Waals surface area (Å²) >= 11 is 0. The number of para-hydroxylation sites is 1. The first-order chi connectivity index (χ1) is 10.6. The van der Waals surface area contributed by atoms with Crippen LogP contribution in [0.25, 0.3) is 0 Å². The lowest BCUT2D eigenvalue weighted by Gasteiger charge is -2.15. The summed E-state index contributed by atoms with van der Waals surface area (Å²) in [6.45, 7) is 3.70. The molecule has 2 N–H and O–H groups in total. The minimum atomic E-state index is -0.459. The summed E-state index contributed by atoms with van der Waals surface area (Å²) in [5.74, 6) is -0.678. The fourth-order valence-electron chi connectivity index (χ4n) is 1.88. The number of hydrazone groups is 1. The Morgan fingerprint density at radius 3 is 2.59 bits per heavy atom. The standard InChI is InChI=1S/C17H18FN3O/c1-12-7-3-6-10-16(12)20-13(2)17(22)21-19-11-14-8-4-5-9-15(14)18/h3-11,13,20H,1-2H3,(H,21,22)/b19-11+. The fourth-order valence-corrected chi connectivity index (χ4v) is 1.88. The van der Waals surface area contributed by atoms with Crippen molar-refractivity contribution in [3.63, 3.8) is 0 Å². The van der Waals surface area contributed by atoms with E-state index in [2.05, 4.69) is 15.8 Å². The van der Waals surface area contributed by atoms with Gasteiger partial charge in [-0.2, -0.15) is 5.10 Å². The lowest BCUT2D eigenvalue weighted by atomic mass is 10.2. The number of carbonyl (C=O) groups is 1. The summed E-state index contributed by atoms with van der Waals surface area (Å²) in [4.78, 5) is 12.0. The Morgan fingerprint density at radius 1 is 1.18 bits per heavy atom. The highest BCUT2D eigenvalue weighted by Crippen LogP contribution is 2.14. The van der Waals surface area contributed by atoms with Gasteiger partial charge in [-0.25, -0.2) is 9.82 Å². The number of rotatable bonds is 5. The lowest BCUT2D eigenvalue weighted by Crippen LogP contribution is -2.35. The smallest absolute Gasteiger partial charge is 0.262 e. The Bertz CT molecular complexity index is 685. The molecule has 0 aliphatic carbocycles. The maximum Gasteiger partial charge on any atom is 0.262 e. The molecule has 2 aromatic carbocycles. The van der Waals surface area contributed by atoms with Crippen LogP contribution in [0.1, 0.15) is 18.1 Å². The van der Waals surface area contributed by atoms with Crippen LogP contribution < -0.4 is 10.7 Å². The lowest BCUT2D eigenvalue weighted by molar-refractivity contribution is -0.121. The van der Waals surface area contributed by atoms with Gasteiger partial charge < -0.3 is 5.32 Å². The van der Waals surface area contributed by atoms with Crippen LogP contribution >= 0.6 is 0 Å². The number of halogens is 1. The molecule has 0 aliphatic rings. The molecule has 1 amide bonds. The number of hydrogen-bond donors (Lipinski definition) is 2. The summed E-state index contributed by atoms with van der Waals surface area (Å²) in [6, 6.07) is 13.5. The van der Waals surface area contributed by atoms with Crippen molar-refractivity contribution in [1.29, 1.82) is 0 Å². The summed E-state index contributed by atoms with van der Waals surface area (Å²) in [5.41, 5.74) is 4.67. The van der Waals surface area contributed by atoms with Gasteiger partial charge in [0, 0.05) is 11.3 Å². The van der Waals surface area contributed by atoms with E-state index in [4.69, 9.17) is 0 Å². The van der Waals surface area contributed by atoms with Crippen LogP contribution in [0.15, 0.2) is 53.6 Å². The van der Waals surface area contributed by atoms with Gasteiger partial charge in [0.05, 0.1) is 6.21 Å². The molecule has 4 nitrogen and oxygen atoms in total. The third kappa shape index (κ3) is 4.15. The van der Waals surface area contributed by atoms with E-state index < -0.39 is 6.04 Å². The van der Waals surface area contributed by atoms with Crippen molar-refractivity contribution < 1.29 is 9.18 Å². The fraction of sp³-hybridized carbons (Fsp3) is 0.176. The molecule has 0 saturated heterocycles. The molecule has 0 radical (unpaired) electrons. The van der Waals surface area contributed by atoms with E-state index in [1.165, 1.54) is 12.3 Å². The molecule has 5 heteroatoms. The molecule has 0 fully saturated rings. The largest absolute Gasteiger partial charge is 0.374 e. The van der Waals surface area contributed by atoms with E-state index in [1.807, 2.05) is 31.2 Å². The maximum atomic E-state index is 13.4. The first-order valence-corrected chi connectivity index (χ1v) is 6.97. The Balaban J connectivity index is 1.92. The highest BCUT2D eigenvalue weighted by atomic mass is 19.1. The van der Waals surface area contributed by atoms with Gasteiger partial charge in [0.2, 0.25) is 0 Å². The molecule has 0 bridgehead atoms. The number of benzene rings is 2. The zero-order valence-electron chi connectivity index (χ0n) is 12.5. The third-order valence-corrected chi connectivity index (χ3v) is 3.19. The van der Waals surface area contributed by atoms with E-state index in [0.717, 1.165) is 11.3 Å². The molecular formula is C17H18FN3O. The van der Waals surface area contributed by atoms with E-state index in [0.29, 0.717) is 5.56 Å². The quantitative estimate of drug-likeness (QED) is 0.658. The van der Waals surface area contributed by atoms with Gasteiger partial charge in [0.25, 0.3) is 5.91 Å². The normalized spacial score (nSPS) is 12.1. The number of carbonyl (C=O) groups excluding carboxylic acids is 1. The first-order valence-electron chi connectivity index (χ1n) is 6.97. The Morgan fingerprint density at radius 2 is 1.86 bits per heavy atom. The molecule has 1 unspecified atom stereocenters. The van der Waals surface area contributed by atoms with Crippen molar-refractivity contribution in [2.24, 2.45) is 5.10 Å². The summed E-state index contributed by atoms with van der Waals surface area (Å²) in [5, 5.41) is 6.89. The zero-order chi connectivity index (χ0) is 15.9. The number of nitrogens with zero attached hydrogens (tertiary/aromatic N) is 1. The highest BCUT2D eigenvalue weighted by molar-refractivity contribution is 5.86. The Hall–Kier alpha value is -2.69. The highest BCUT2D eigenvalue weighted by Gasteiger charge is 2.12. The second-order valence-corrected chi connectivity index (χ2v) is 4.94. The third-order valence-electron chi connectivity index (χ3n) is 3.19. The second kappa shape index (κ2) is 7.36. The number of hydrogen-bond acceptors (Lipinski definition) is 3. The van der Waals surface area contributed by atoms with Crippen molar-refractivity contribution in [1.82, 2.24) is 5.43 Å². The molecular weight excluding hydrogens is 281 g/mol. The van der Waals surface area contributed by atoms with Gasteiger partial charge in [0.1, 0.15) is 11.9 Å². The number of amides is 1. The minimum absolute atomic E-state index is 0.296. The summed E-state index contributed by atoms with van der Waals surface area (Å²) < 4.78 is 13.4. The Kier molecular flexibility index (Phi) is 5.25. The van der Waals surface area contributed by atoms with Gasteiger partial charge in [-0.3, -0.25) is 4.79 Å². The van der Waals surface area contributed by atoms with Crippen LogP contribution in [-0.2, 0) is 4.79 Å². The van der Waals surface area contributed by atoms with Crippen molar-refractivity contribution in [2.75, 3.05) is 5.32 Å². The summed E-state index contributed by atoms with van der Waals surface area (Å²) in [7, 11) is 0. The molecule has 1 atom stereocenters. The average molecular weight is 299 g/mol. The van der Waals surface area contributed by atoms with E-state index >= 15 is 0 Å². The SMILES string of the molecule is Cc1ccccc1NC(C)C(=O)N/N=C/c1ccccc1F. The van der Waals surface area contributed by atoms with Crippen molar-refractivity contribution >= 4 is 17.8 Å². The molecule has 0 heterocycles. The monoisotopic (exact) mass is 299 g/mol. The van der Waals surface area contributed by atoms with E-state index in [1.54, 1.807) is 25.1 Å². The van der Waals surface area contributed by atoms with Gasteiger partial charge in [-0.1, -0.05) is 36.4 Å². The topological polar surface area (TPSA) is 53.5 Å². The predicted molar refractivity (Wildman–Crippen MR) is 86.4 cm³/mol. The van der Waals surface area contributed by atoms with Crippen LogP contribution in [0.2, 0.25) is 0 Å². The summed E-state index contributed by atoms with van der Waals surface area (Å²) in [6.07, 6.45) is 1.29. The molecule has 0 saturated carbocycles. The number of anilines is 1.